The van der Waals surface area contributed by atoms with E-state index in [0.717, 1.165) is 23.8 Å². The van der Waals surface area contributed by atoms with Crippen LogP contribution in [0.3, 0.4) is 0 Å². The molecule has 2 N–H and O–H groups in total. The van der Waals surface area contributed by atoms with Crippen molar-refractivity contribution in [2.75, 3.05) is 17.2 Å². The Balaban J connectivity index is 3.20. The van der Waals surface area contributed by atoms with Crippen LogP contribution in [0.1, 0.15) is 72.2 Å². The highest BCUT2D eigenvalue weighted by Gasteiger charge is 2.23. The van der Waals surface area contributed by atoms with E-state index in [-0.39, 0.29) is 5.41 Å². The smallest absolute Gasteiger partial charge is 0.138 e. The van der Waals surface area contributed by atoms with Gasteiger partial charge in [0.25, 0.3) is 0 Å². The second-order valence-electron chi connectivity index (χ2n) is 7.13. The van der Waals surface area contributed by atoms with Crippen LogP contribution in [-0.4, -0.2) is 22.6 Å². The first-order valence-electron chi connectivity index (χ1n) is 8.09. The van der Waals surface area contributed by atoms with Gasteiger partial charge in [-0.05, 0) is 27.2 Å². The molecule has 0 spiro atoms. The minimum absolute atomic E-state index is 0.0946. The topological polar surface area (TPSA) is 55.0 Å². The Morgan fingerprint density at radius 1 is 1.14 bits per heavy atom. The van der Waals surface area contributed by atoms with Gasteiger partial charge in [-0.1, -0.05) is 40.5 Å². The van der Waals surface area contributed by atoms with Gasteiger partial charge in [0.15, 0.2) is 0 Å². The SMILES string of the molecule is CCCCCN(c1nc(C(C)(C)C)nc(N)c1C)C(C)C. The summed E-state index contributed by atoms with van der Waals surface area (Å²) in [7, 11) is 0. The molecule has 0 radical (unpaired) electrons. The maximum Gasteiger partial charge on any atom is 0.138 e. The first-order chi connectivity index (χ1) is 9.68. The summed E-state index contributed by atoms with van der Waals surface area (Å²) in [5.74, 6) is 2.42. The molecule has 1 aromatic rings. The average molecular weight is 292 g/mol. The van der Waals surface area contributed by atoms with Crippen LogP contribution in [0.25, 0.3) is 0 Å². The minimum Gasteiger partial charge on any atom is -0.383 e. The van der Waals surface area contributed by atoms with Gasteiger partial charge in [-0.15, -0.1) is 0 Å². The third-order valence-corrected chi connectivity index (χ3v) is 3.73. The van der Waals surface area contributed by atoms with E-state index >= 15 is 0 Å². The van der Waals surface area contributed by atoms with Crippen LogP contribution in [0.2, 0.25) is 0 Å². The Hall–Kier alpha value is -1.32. The molecular weight excluding hydrogens is 260 g/mol. The first-order valence-corrected chi connectivity index (χ1v) is 8.09. The maximum absolute atomic E-state index is 6.13. The molecule has 21 heavy (non-hydrogen) atoms. The molecule has 0 aromatic carbocycles. The molecule has 0 aliphatic heterocycles. The van der Waals surface area contributed by atoms with Crippen molar-refractivity contribution in [2.45, 2.75) is 79.2 Å². The van der Waals surface area contributed by atoms with Gasteiger partial charge in [0.1, 0.15) is 17.5 Å². The zero-order valence-electron chi connectivity index (χ0n) is 14.8. The first kappa shape index (κ1) is 17.7. The Morgan fingerprint density at radius 2 is 1.76 bits per heavy atom. The fourth-order valence-corrected chi connectivity index (χ4v) is 2.28. The van der Waals surface area contributed by atoms with Crippen molar-refractivity contribution in [1.29, 1.82) is 0 Å². The Bertz CT molecular complexity index is 461. The number of nitrogens with zero attached hydrogens (tertiary/aromatic N) is 3. The molecule has 0 aliphatic carbocycles. The fourth-order valence-electron chi connectivity index (χ4n) is 2.28. The summed E-state index contributed by atoms with van der Waals surface area (Å²) in [6, 6.07) is 0.405. The summed E-state index contributed by atoms with van der Waals surface area (Å²) in [4.78, 5) is 11.7. The van der Waals surface area contributed by atoms with E-state index in [9.17, 15) is 0 Å². The van der Waals surface area contributed by atoms with E-state index in [1.807, 2.05) is 6.92 Å². The van der Waals surface area contributed by atoms with Crippen LogP contribution in [0.5, 0.6) is 0 Å². The quantitative estimate of drug-likeness (QED) is 0.803. The molecule has 0 aliphatic rings. The van der Waals surface area contributed by atoms with Gasteiger partial charge in [-0.3, -0.25) is 0 Å². The summed E-state index contributed by atoms with van der Waals surface area (Å²) in [6.07, 6.45) is 3.65. The van der Waals surface area contributed by atoms with Gasteiger partial charge in [0, 0.05) is 23.6 Å². The van der Waals surface area contributed by atoms with Gasteiger partial charge >= 0.3 is 0 Å². The van der Waals surface area contributed by atoms with Gasteiger partial charge in [-0.2, -0.15) is 0 Å². The summed E-state index contributed by atoms with van der Waals surface area (Å²) in [5, 5.41) is 0. The highest BCUT2D eigenvalue weighted by atomic mass is 15.2. The van der Waals surface area contributed by atoms with Crippen molar-refractivity contribution >= 4 is 11.6 Å². The second-order valence-corrected chi connectivity index (χ2v) is 7.13. The van der Waals surface area contributed by atoms with Crippen LogP contribution in [0, 0.1) is 6.92 Å². The Labute approximate surface area is 130 Å². The molecule has 4 heteroatoms. The molecule has 0 amide bonds. The zero-order chi connectivity index (χ0) is 16.2. The summed E-state index contributed by atoms with van der Waals surface area (Å²) in [6.45, 7) is 16.1. The van der Waals surface area contributed by atoms with Gasteiger partial charge in [0.2, 0.25) is 0 Å². The molecule has 0 bridgehead atoms. The van der Waals surface area contributed by atoms with E-state index in [1.54, 1.807) is 0 Å². The van der Waals surface area contributed by atoms with Crippen LogP contribution in [0.15, 0.2) is 0 Å². The second kappa shape index (κ2) is 7.10. The van der Waals surface area contributed by atoms with E-state index in [0.29, 0.717) is 11.9 Å². The monoisotopic (exact) mass is 292 g/mol. The molecular formula is C17H32N4. The Kier molecular flexibility index (Phi) is 5.99. The van der Waals surface area contributed by atoms with E-state index in [2.05, 4.69) is 51.4 Å². The minimum atomic E-state index is -0.0946. The zero-order valence-corrected chi connectivity index (χ0v) is 14.8. The van der Waals surface area contributed by atoms with Crippen molar-refractivity contribution in [3.63, 3.8) is 0 Å². The van der Waals surface area contributed by atoms with Crippen LogP contribution >= 0.6 is 0 Å². The third kappa shape index (κ3) is 4.58. The molecule has 0 saturated heterocycles. The molecule has 0 unspecified atom stereocenters. The standard InChI is InChI=1S/C17H32N4/c1-8-9-10-11-21(12(2)3)15-13(4)14(18)19-16(20-15)17(5,6)7/h12H,8-11H2,1-7H3,(H2,18,19,20). The number of nitrogen functional groups attached to an aromatic ring is 1. The predicted octanol–water partition coefficient (Wildman–Crippen LogP) is 4.07. The fraction of sp³-hybridized carbons (Fsp3) is 0.765. The van der Waals surface area contributed by atoms with Crippen molar-refractivity contribution in [3.05, 3.63) is 11.4 Å². The summed E-state index contributed by atoms with van der Waals surface area (Å²) >= 11 is 0. The average Bonchev–Trinajstić information content (AvgIpc) is 2.37. The molecule has 0 saturated carbocycles. The maximum atomic E-state index is 6.13. The van der Waals surface area contributed by atoms with Crippen LogP contribution < -0.4 is 10.6 Å². The van der Waals surface area contributed by atoms with Gasteiger partial charge in [0.05, 0.1) is 0 Å². The van der Waals surface area contributed by atoms with E-state index < -0.39 is 0 Å². The molecule has 0 fully saturated rings. The van der Waals surface area contributed by atoms with E-state index in [1.165, 1.54) is 19.3 Å². The molecule has 1 rings (SSSR count). The number of nitrogens with two attached hydrogens (primary N) is 1. The van der Waals surface area contributed by atoms with Crippen molar-refractivity contribution < 1.29 is 0 Å². The van der Waals surface area contributed by atoms with Gasteiger partial charge in [-0.25, -0.2) is 9.97 Å². The van der Waals surface area contributed by atoms with E-state index in [4.69, 9.17) is 10.7 Å². The molecule has 1 heterocycles. The number of unbranched alkanes of at least 4 members (excludes halogenated alkanes) is 2. The van der Waals surface area contributed by atoms with Crippen molar-refractivity contribution in [2.24, 2.45) is 0 Å². The number of hydrogen-bond donors (Lipinski definition) is 1. The lowest BCUT2D eigenvalue weighted by atomic mass is 9.95. The Morgan fingerprint density at radius 3 is 2.24 bits per heavy atom. The van der Waals surface area contributed by atoms with Gasteiger partial charge < -0.3 is 10.6 Å². The number of aromatic nitrogens is 2. The summed E-state index contributed by atoms with van der Waals surface area (Å²) in [5.41, 5.74) is 7.03. The largest absolute Gasteiger partial charge is 0.383 e. The van der Waals surface area contributed by atoms with Crippen molar-refractivity contribution in [3.8, 4) is 0 Å². The number of hydrogen-bond acceptors (Lipinski definition) is 4. The molecule has 0 atom stereocenters. The van der Waals surface area contributed by atoms with Crippen molar-refractivity contribution in [1.82, 2.24) is 9.97 Å². The normalized spacial score (nSPS) is 12.0. The third-order valence-electron chi connectivity index (χ3n) is 3.73. The lowest BCUT2D eigenvalue weighted by Crippen LogP contribution is -2.34. The van der Waals surface area contributed by atoms with Crippen LogP contribution in [-0.2, 0) is 5.41 Å². The molecule has 1 aromatic heterocycles. The lowest BCUT2D eigenvalue weighted by molar-refractivity contribution is 0.540. The van der Waals surface area contributed by atoms with Crippen LogP contribution in [0.4, 0.5) is 11.6 Å². The molecule has 120 valence electrons. The predicted molar refractivity (Wildman–Crippen MR) is 91.9 cm³/mol. The molecule has 4 nitrogen and oxygen atoms in total. The lowest BCUT2D eigenvalue weighted by Gasteiger charge is -2.31. The number of rotatable bonds is 6. The number of anilines is 2. The highest BCUT2D eigenvalue weighted by molar-refractivity contribution is 5.57. The summed E-state index contributed by atoms with van der Waals surface area (Å²) < 4.78 is 0. The highest BCUT2D eigenvalue weighted by Crippen LogP contribution is 2.28.